The van der Waals surface area contributed by atoms with Crippen molar-refractivity contribution < 1.29 is 19.8 Å². The largest absolute Gasteiger partial charge is 0.481 e. The number of hydrogen-bond acceptors (Lipinski definition) is 3. The monoisotopic (exact) mass is 334 g/mol. The Labute approximate surface area is 145 Å². The molecule has 1 unspecified atom stereocenters. The maximum atomic E-state index is 12.0. The maximum absolute atomic E-state index is 12.0. The molecule has 2 N–H and O–H groups in total. The van der Waals surface area contributed by atoms with Crippen LogP contribution in [-0.2, 0) is 9.59 Å². The summed E-state index contributed by atoms with van der Waals surface area (Å²) in [4.78, 5) is 22.4. The number of hydrogen-bond donors (Lipinski definition) is 2. The Bertz CT molecular complexity index is 507. The van der Waals surface area contributed by atoms with E-state index in [-0.39, 0.29) is 18.6 Å². The fourth-order valence-corrected chi connectivity index (χ4v) is 2.92. The zero-order valence-electron chi connectivity index (χ0n) is 14.8. The zero-order chi connectivity index (χ0) is 17.8. The summed E-state index contributed by atoms with van der Waals surface area (Å²) in [6.07, 6.45) is 9.13. The van der Waals surface area contributed by atoms with Gasteiger partial charge in [0, 0.05) is 19.3 Å². The lowest BCUT2D eigenvalue weighted by Gasteiger charge is -2.07. The fraction of sp³-hybridized carbons (Fsp3) is 0.700. The number of Topliss-reactive ketones (excluding diaryl/α,β-unsaturated/α-hetero) is 1. The van der Waals surface area contributed by atoms with Gasteiger partial charge in [-0.2, -0.15) is 0 Å². The topological polar surface area (TPSA) is 74.6 Å². The van der Waals surface area contributed by atoms with Gasteiger partial charge in [-0.25, -0.2) is 0 Å². The van der Waals surface area contributed by atoms with Crippen LogP contribution in [0.25, 0.3) is 0 Å². The number of ketones is 1. The number of carboxylic acids is 1. The first-order valence-electron chi connectivity index (χ1n) is 9.21. The Morgan fingerprint density at radius 3 is 2.54 bits per heavy atom. The number of unbranched alkanes of at least 4 members (excludes halogenated alkanes) is 7. The molecule has 0 saturated carbocycles. The van der Waals surface area contributed by atoms with Gasteiger partial charge in [-0.1, -0.05) is 50.9 Å². The SMILES string of the molecule is CCCCCCC#CC1=C(CCCCCCC(=O)O)C(O)CC1=O. The molecule has 0 aromatic rings. The Hall–Kier alpha value is -1.60. The molecular weight excluding hydrogens is 304 g/mol. The van der Waals surface area contributed by atoms with Gasteiger partial charge in [-0.3, -0.25) is 9.59 Å². The summed E-state index contributed by atoms with van der Waals surface area (Å²) in [5, 5.41) is 18.7. The van der Waals surface area contributed by atoms with E-state index >= 15 is 0 Å². The van der Waals surface area contributed by atoms with Crippen LogP contribution in [0, 0.1) is 11.8 Å². The number of allylic oxidation sites excluding steroid dienone is 1. The molecule has 0 amide bonds. The molecule has 1 aliphatic rings. The first kappa shape index (κ1) is 20.4. The lowest BCUT2D eigenvalue weighted by atomic mass is 10.0. The molecule has 0 saturated heterocycles. The van der Waals surface area contributed by atoms with Crippen LogP contribution in [0.15, 0.2) is 11.1 Å². The molecule has 1 aliphatic carbocycles. The van der Waals surface area contributed by atoms with Crippen LogP contribution >= 0.6 is 0 Å². The quantitative estimate of drug-likeness (QED) is 0.442. The van der Waals surface area contributed by atoms with Gasteiger partial charge in [0.1, 0.15) is 0 Å². The van der Waals surface area contributed by atoms with Crippen LogP contribution in [0.3, 0.4) is 0 Å². The summed E-state index contributed by atoms with van der Waals surface area (Å²) >= 11 is 0. The van der Waals surface area contributed by atoms with Gasteiger partial charge < -0.3 is 10.2 Å². The molecule has 0 bridgehead atoms. The highest BCUT2D eigenvalue weighted by Gasteiger charge is 2.29. The summed E-state index contributed by atoms with van der Waals surface area (Å²) in [6.45, 7) is 2.17. The van der Waals surface area contributed by atoms with E-state index in [1.54, 1.807) is 0 Å². The smallest absolute Gasteiger partial charge is 0.303 e. The minimum absolute atomic E-state index is 0.0376. The average Bonchev–Trinajstić information content (AvgIpc) is 2.80. The molecule has 1 rings (SSSR count). The summed E-state index contributed by atoms with van der Waals surface area (Å²) in [5.41, 5.74) is 1.32. The predicted molar refractivity (Wildman–Crippen MR) is 94.5 cm³/mol. The Morgan fingerprint density at radius 2 is 1.83 bits per heavy atom. The normalized spacial score (nSPS) is 17.1. The molecule has 0 heterocycles. The fourth-order valence-electron chi connectivity index (χ4n) is 2.92. The highest BCUT2D eigenvalue weighted by atomic mass is 16.4. The van der Waals surface area contributed by atoms with Crippen molar-refractivity contribution in [1.82, 2.24) is 0 Å². The first-order valence-corrected chi connectivity index (χ1v) is 9.21. The number of aliphatic hydroxyl groups excluding tert-OH is 1. The summed E-state index contributed by atoms with van der Waals surface area (Å²) < 4.78 is 0. The molecule has 0 aliphatic heterocycles. The van der Waals surface area contributed by atoms with Gasteiger partial charge in [0.05, 0.1) is 11.7 Å². The van der Waals surface area contributed by atoms with Crippen LogP contribution in [0.5, 0.6) is 0 Å². The Balaban J connectivity index is 2.44. The standard InChI is InChI=1S/C20H30O4/c1-2-3-4-5-6-9-12-16-17(19(22)15-18(16)21)13-10-7-8-11-14-20(23)24/h19,22H,2-8,10-11,13-15H2,1H3,(H,23,24). The van der Waals surface area contributed by atoms with Crippen LogP contribution in [0.4, 0.5) is 0 Å². The predicted octanol–water partition coefficient (Wildman–Crippen LogP) is 4.02. The molecule has 4 heteroatoms. The van der Waals surface area contributed by atoms with E-state index in [4.69, 9.17) is 5.11 Å². The summed E-state index contributed by atoms with van der Waals surface area (Å²) in [5.74, 6) is 5.29. The van der Waals surface area contributed by atoms with Crippen molar-refractivity contribution in [1.29, 1.82) is 0 Å². The van der Waals surface area contributed by atoms with Crippen LogP contribution in [0.1, 0.15) is 84.0 Å². The van der Waals surface area contributed by atoms with Crippen molar-refractivity contribution in [2.75, 3.05) is 0 Å². The van der Waals surface area contributed by atoms with E-state index in [1.165, 1.54) is 19.3 Å². The van der Waals surface area contributed by atoms with Crippen LogP contribution in [0.2, 0.25) is 0 Å². The zero-order valence-corrected chi connectivity index (χ0v) is 14.8. The number of aliphatic hydroxyl groups is 1. The molecule has 0 aromatic carbocycles. The van der Waals surface area contributed by atoms with E-state index in [2.05, 4.69) is 18.8 Å². The molecule has 4 nitrogen and oxygen atoms in total. The Kier molecular flexibility index (Phi) is 10.1. The van der Waals surface area contributed by atoms with E-state index in [0.717, 1.165) is 37.7 Å². The number of carbonyl (C=O) groups excluding carboxylic acids is 1. The molecular formula is C20H30O4. The number of aliphatic carboxylic acids is 1. The highest BCUT2D eigenvalue weighted by Crippen LogP contribution is 2.28. The summed E-state index contributed by atoms with van der Waals surface area (Å²) in [6, 6.07) is 0. The number of rotatable bonds is 11. The minimum Gasteiger partial charge on any atom is -0.481 e. The van der Waals surface area contributed by atoms with Crippen molar-refractivity contribution in [3.63, 3.8) is 0 Å². The van der Waals surface area contributed by atoms with E-state index in [1.807, 2.05) is 0 Å². The van der Waals surface area contributed by atoms with Gasteiger partial charge in [0.2, 0.25) is 0 Å². The van der Waals surface area contributed by atoms with Crippen molar-refractivity contribution in [3.05, 3.63) is 11.1 Å². The second-order valence-electron chi connectivity index (χ2n) is 6.46. The third-order valence-electron chi connectivity index (χ3n) is 4.34. The average molecular weight is 334 g/mol. The van der Waals surface area contributed by atoms with Gasteiger partial charge in [-0.15, -0.1) is 0 Å². The second-order valence-corrected chi connectivity index (χ2v) is 6.46. The minimum atomic E-state index is -0.758. The third kappa shape index (κ3) is 7.79. The summed E-state index contributed by atoms with van der Waals surface area (Å²) in [7, 11) is 0. The lowest BCUT2D eigenvalue weighted by Crippen LogP contribution is -2.06. The highest BCUT2D eigenvalue weighted by molar-refractivity contribution is 6.03. The van der Waals surface area contributed by atoms with Gasteiger partial charge in [0.25, 0.3) is 0 Å². The van der Waals surface area contributed by atoms with Gasteiger partial charge >= 0.3 is 5.97 Å². The first-order chi connectivity index (χ1) is 11.6. The van der Waals surface area contributed by atoms with Gasteiger partial charge in [0.15, 0.2) is 5.78 Å². The lowest BCUT2D eigenvalue weighted by molar-refractivity contribution is -0.137. The molecule has 1 atom stereocenters. The molecule has 0 fully saturated rings. The van der Waals surface area contributed by atoms with E-state index in [0.29, 0.717) is 18.4 Å². The van der Waals surface area contributed by atoms with Crippen molar-refractivity contribution in [3.8, 4) is 11.8 Å². The number of carbonyl (C=O) groups is 2. The number of carboxylic acid groups (broad SMARTS) is 1. The molecule has 0 radical (unpaired) electrons. The van der Waals surface area contributed by atoms with E-state index in [9.17, 15) is 14.7 Å². The van der Waals surface area contributed by atoms with Crippen molar-refractivity contribution in [2.45, 2.75) is 90.1 Å². The van der Waals surface area contributed by atoms with Gasteiger partial charge in [-0.05, 0) is 31.3 Å². The van der Waals surface area contributed by atoms with Crippen molar-refractivity contribution in [2.24, 2.45) is 0 Å². The van der Waals surface area contributed by atoms with Crippen molar-refractivity contribution >= 4 is 11.8 Å². The molecule has 24 heavy (non-hydrogen) atoms. The van der Waals surface area contributed by atoms with E-state index < -0.39 is 12.1 Å². The maximum Gasteiger partial charge on any atom is 0.303 e. The second kappa shape index (κ2) is 11.9. The molecule has 134 valence electrons. The van der Waals surface area contributed by atoms with Crippen LogP contribution in [-0.4, -0.2) is 28.1 Å². The third-order valence-corrected chi connectivity index (χ3v) is 4.34. The Morgan fingerprint density at radius 1 is 1.12 bits per heavy atom. The molecule has 0 spiro atoms. The molecule has 0 aromatic heterocycles. The van der Waals surface area contributed by atoms with Crippen LogP contribution < -0.4 is 0 Å².